The molecular weight excluding hydrogens is 224 g/mol. The zero-order valence-electron chi connectivity index (χ0n) is 11.5. The summed E-state index contributed by atoms with van der Waals surface area (Å²) in [6.45, 7) is 3.93. The van der Waals surface area contributed by atoms with Gasteiger partial charge in [-0.15, -0.1) is 0 Å². The van der Waals surface area contributed by atoms with E-state index in [2.05, 4.69) is 29.1 Å². The van der Waals surface area contributed by atoms with Gasteiger partial charge in [-0.25, -0.2) is 5.43 Å². The summed E-state index contributed by atoms with van der Waals surface area (Å²) < 4.78 is 0. The van der Waals surface area contributed by atoms with Crippen LogP contribution in [0.15, 0.2) is 18.2 Å². The molecule has 3 nitrogen and oxygen atoms in total. The predicted octanol–water partition coefficient (Wildman–Crippen LogP) is 2.09. The lowest BCUT2D eigenvalue weighted by molar-refractivity contribution is -0.126. The quantitative estimate of drug-likeness (QED) is 0.802. The number of benzene rings is 1. The lowest BCUT2D eigenvalue weighted by Gasteiger charge is -2.26. The summed E-state index contributed by atoms with van der Waals surface area (Å²) in [5.41, 5.74) is 8.84. The number of amides is 1. The number of aryl methyl sites for hydroxylation is 2. The first-order valence-electron chi connectivity index (χ1n) is 6.65. The fourth-order valence-corrected chi connectivity index (χ4v) is 2.52. The first-order valence-corrected chi connectivity index (χ1v) is 6.65. The van der Waals surface area contributed by atoms with Gasteiger partial charge in [0.15, 0.2) is 0 Å². The first kappa shape index (κ1) is 13.1. The molecule has 0 radical (unpaired) electrons. The Labute approximate surface area is 109 Å². The predicted molar refractivity (Wildman–Crippen MR) is 73.3 cm³/mol. The number of fused-ring (bicyclic) bond motifs is 1. The van der Waals surface area contributed by atoms with E-state index in [1.54, 1.807) is 7.05 Å². The van der Waals surface area contributed by atoms with Gasteiger partial charge in [-0.1, -0.05) is 18.2 Å². The highest BCUT2D eigenvalue weighted by atomic mass is 16.2. The Balaban J connectivity index is 2.30. The van der Waals surface area contributed by atoms with Gasteiger partial charge in [-0.3, -0.25) is 10.2 Å². The van der Waals surface area contributed by atoms with Crippen molar-refractivity contribution >= 4 is 5.91 Å². The van der Waals surface area contributed by atoms with Crippen LogP contribution in [0.25, 0.3) is 0 Å². The molecule has 0 unspecified atom stereocenters. The van der Waals surface area contributed by atoms with Crippen molar-refractivity contribution < 1.29 is 4.79 Å². The van der Waals surface area contributed by atoms with Gasteiger partial charge < -0.3 is 0 Å². The van der Waals surface area contributed by atoms with Crippen LogP contribution in [0.2, 0.25) is 0 Å². The normalized spacial score (nSPS) is 15.1. The fourth-order valence-electron chi connectivity index (χ4n) is 2.52. The van der Waals surface area contributed by atoms with Crippen LogP contribution in [0.5, 0.6) is 0 Å². The van der Waals surface area contributed by atoms with E-state index in [1.165, 1.54) is 30.4 Å². The maximum atomic E-state index is 12.1. The highest BCUT2D eigenvalue weighted by molar-refractivity contribution is 5.87. The molecule has 98 valence electrons. The molecule has 0 bridgehead atoms. The van der Waals surface area contributed by atoms with Crippen molar-refractivity contribution in [1.29, 1.82) is 0 Å². The van der Waals surface area contributed by atoms with E-state index >= 15 is 0 Å². The molecule has 0 atom stereocenters. The number of rotatable bonds is 3. The molecule has 3 heteroatoms. The van der Waals surface area contributed by atoms with E-state index in [9.17, 15) is 4.79 Å². The van der Waals surface area contributed by atoms with E-state index in [4.69, 9.17) is 0 Å². The largest absolute Gasteiger partial charge is 0.291 e. The average Bonchev–Trinajstić information content (AvgIpc) is 2.38. The van der Waals surface area contributed by atoms with E-state index in [-0.39, 0.29) is 5.91 Å². The molecule has 0 fully saturated rings. The molecule has 0 saturated heterocycles. The Hall–Kier alpha value is -1.35. The molecule has 1 aliphatic rings. The number of carbonyl (C=O) groups is 1. The highest BCUT2D eigenvalue weighted by Crippen LogP contribution is 2.29. The lowest BCUT2D eigenvalue weighted by Crippen LogP contribution is -2.45. The van der Waals surface area contributed by atoms with Crippen LogP contribution in [0.4, 0.5) is 0 Å². The Bertz CT molecular complexity index is 452. The van der Waals surface area contributed by atoms with Gasteiger partial charge in [0.25, 0.3) is 0 Å². The summed E-state index contributed by atoms with van der Waals surface area (Å²) in [6, 6.07) is 6.50. The second kappa shape index (κ2) is 5.11. The molecule has 0 aliphatic heterocycles. The molecule has 1 aromatic rings. The maximum absolute atomic E-state index is 12.1. The second-order valence-electron chi connectivity index (χ2n) is 5.52. The summed E-state index contributed by atoms with van der Waals surface area (Å²) in [6.07, 6.45) is 4.88. The van der Waals surface area contributed by atoms with Gasteiger partial charge in [-0.05, 0) is 56.2 Å². The summed E-state index contributed by atoms with van der Waals surface area (Å²) >= 11 is 0. The fraction of sp³-hybridized carbons (Fsp3) is 0.533. The third-order valence-corrected chi connectivity index (χ3v) is 3.88. The molecule has 0 saturated carbocycles. The van der Waals surface area contributed by atoms with Gasteiger partial charge in [0.1, 0.15) is 0 Å². The monoisotopic (exact) mass is 246 g/mol. The summed E-state index contributed by atoms with van der Waals surface area (Å²) in [5, 5.41) is 0. The molecule has 0 aromatic heterocycles. The minimum atomic E-state index is -0.504. The number of carbonyl (C=O) groups excluding carboxylic acids is 1. The second-order valence-corrected chi connectivity index (χ2v) is 5.52. The van der Waals surface area contributed by atoms with Crippen LogP contribution in [0.3, 0.4) is 0 Å². The highest BCUT2D eigenvalue weighted by Gasteiger charge is 2.30. The van der Waals surface area contributed by atoms with Crippen LogP contribution >= 0.6 is 0 Å². The molecular formula is C15H22N2O. The van der Waals surface area contributed by atoms with E-state index in [0.717, 1.165) is 12.0 Å². The number of hydrazine groups is 1. The van der Waals surface area contributed by atoms with E-state index in [0.29, 0.717) is 0 Å². The van der Waals surface area contributed by atoms with Gasteiger partial charge >= 0.3 is 0 Å². The summed E-state index contributed by atoms with van der Waals surface area (Å²) in [5.74, 6) is 0.000703. The van der Waals surface area contributed by atoms with Crippen molar-refractivity contribution in [2.24, 2.45) is 0 Å². The lowest BCUT2D eigenvalue weighted by atomic mass is 9.80. The third-order valence-electron chi connectivity index (χ3n) is 3.88. The van der Waals surface area contributed by atoms with Crippen molar-refractivity contribution in [3.8, 4) is 0 Å². The smallest absolute Gasteiger partial charge is 0.244 e. The molecule has 0 spiro atoms. The molecule has 1 aliphatic carbocycles. The molecule has 2 rings (SSSR count). The van der Waals surface area contributed by atoms with Gasteiger partial charge in [0.05, 0.1) is 5.41 Å². The molecule has 1 amide bonds. The zero-order chi connectivity index (χ0) is 13.2. The molecule has 18 heavy (non-hydrogen) atoms. The maximum Gasteiger partial charge on any atom is 0.244 e. The van der Waals surface area contributed by atoms with Crippen molar-refractivity contribution in [3.05, 3.63) is 34.9 Å². The van der Waals surface area contributed by atoms with Gasteiger partial charge in [-0.2, -0.15) is 0 Å². The minimum absolute atomic E-state index is 0.000703. The SMILES string of the molecule is CNNC(=O)C(C)(C)c1ccc2c(c1)CCCC2. The molecule has 0 heterocycles. The number of nitrogens with one attached hydrogen (secondary N) is 2. The van der Waals surface area contributed by atoms with Gasteiger partial charge in [0.2, 0.25) is 5.91 Å². The Morgan fingerprint density at radius 1 is 1.17 bits per heavy atom. The van der Waals surface area contributed by atoms with Crippen LogP contribution in [0.1, 0.15) is 43.4 Å². The van der Waals surface area contributed by atoms with Crippen molar-refractivity contribution in [2.75, 3.05) is 7.05 Å². The van der Waals surface area contributed by atoms with E-state index < -0.39 is 5.41 Å². The number of hydrogen-bond acceptors (Lipinski definition) is 2. The van der Waals surface area contributed by atoms with Crippen LogP contribution in [0, 0.1) is 0 Å². The average molecular weight is 246 g/mol. The summed E-state index contributed by atoms with van der Waals surface area (Å²) in [7, 11) is 1.71. The Morgan fingerprint density at radius 2 is 1.83 bits per heavy atom. The van der Waals surface area contributed by atoms with Crippen molar-refractivity contribution in [1.82, 2.24) is 10.9 Å². The van der Waals surface area contributed by atoms with Gasteiger partial charge in [0, 0.05) is 7.05 Å². The van der Waals surface area contributed by atoms with Crippen molar-refractivity contribution in [2.45, 2.75) is 44.9 Å². The molecule has 1 aromatic carbocycles. The van der Waals surface area contributed by atoms with Crippen LogP contribution in [-0.4, -0.2) is 13.0 Å². The van der Waals surface area contributed by atoms with E-state index in [1.807, 2.05) is 13.8 Å². The molecule has 2 N–H and O–H groups in total. The Morgan fingerprint density at radius 3 is 2.50 bits per heavy atom. The minimum Gasteiger partial charge on any atom is -0.291 e. The first-order chi connectivity index (χ1) is 8.55. The van der Waals surface area contributed by atoms with Crippen LogP contribution < -0.4 is 10.9 Å². The summed E-state index contributed by atoms with van der Waals surface area (Å²) in [4.78, 5) is 12.1. The van der Waals surface area contributed by atoms with Crippen LogP contribution in [-0.2, 0) is 23.1 Å². The van der Waals surface area contributed by atoms with Crippen molar-refractivity contribution in [3.63, 3.8) is 0 Å². The number of hydrogen-bond donors (Lipinski definition) is 2. The third kappa shape index (κ3) is 2.41. The topological polar surface area (TPSA) is 41.1 Å². The Kier molecular flexibility index (Phi) is 3.71. The zero-order valence-corrected chi connectivity index (χ0v) is 11.5. The standard InChI is InChI=1S/C15H22N2O/c1-15(2,14(18)17-16-3)13-9-8-11-6-4-5-7-12(11)10-13/h8-10,16H,4-7H2,1-3H3,(H,17,18).